The minimum absolute atomic E-state index is 0.138. The quantitative estimate of drug-likeness (QED) is 0.839. The third-order valence-electron chi connectivity index (χ3n) is 4.36. The van der Waals surface area contributed by atoms with Gasteiger partial charge in [0.25, 0.3) is 0 Å². The maximum atomic E-state index is 12.2. The van der Waals surface area contributed by atoms with Gasteiger partial charge in [0.2, 0.25) is 5.91 Å². The second kappa shape index (κ2) is 7.59. The fourth-order valence-electron chi connectivity index (χ4n) is 2.89. The Morgan fingerprint density at radius 2 is 2.00 bits per heavy atom. The van der Waals surface area contributed by atoms with E-state index in [2.05, 4.69) is 24.3 Å². The number of aromatic nitrogens is 2. The molecule has 1 aromatic rings. The van der Waals surface area contributed by atoms with E-state index in [9.17, 15) is 4.79 Å². The van der Waals surface area contributed by atoms with Crippen LogP contribution in [0, 0.1) is 0 Å². The van der Waals surface area contributed by atoms with E-state index in [0.717, 1.165) is 44.5 Å². The summed E-state index contributed by atoms with van der Waals surface area (Å²) in [4.78, 5) is 14.2. The van der Waals surface area contributed by atoms with Crippen molar-refractivity contribution in [2.75, 3.05) is 13.1 Å². The normalized spacial score (nSPS) is 16.7. The van der Waals surface area contributed by atoms with Crippen molar-refractivity contribution in [3.8, 4) is 0 Å². The molecule has 5 nitrogen and oxygen atoms in total. The van der Waals surface area contributed by atoms with Crippen molar-refractivity contribution in [2.24, 2.45) is 0 Å². The van der Waals surface area contributed by atoms with Crippen LogP contribution in [0.25, 0.3) is 0 Å². The van der Waals surface area contributed by atoms with E-state index in [4.69, 9.17) is 0 Å². The van der Waals surface area contributed by atoms with Crippen LogP contribution in [0.15, 0.2) is 12.3 Å². The molecule has 2 heterocycles. The summed E-state index contributed by atoms with van der Waals surface area (Å²) in [5.41, 5.74) is 1.00. The molecule has 1 fully saturated rings. The van der Waals surface area contributed by atoms with Gasteiger partial charge in [0.05, 0.1) is 17.8 Å². The zero-order valence-corrected chi connectivity index (χ0v) is 13.5. The number of rotatable bonds is 7. The molecule has 1 unspecified atom stereocenters. The van der Waals surface area contributed by atoms with Gasteiger partial charge in [-0.15, -0.1) is 0 Å². The van der Waals surface area contributed by atoms with Crippen LogP contribution in [0.2, 0.25) is 0 Å². The first-order valence-electron chi connectivity index (χ1n) is 8.21. The Bertz CT molecular complexity index is 447. The molecule has 2 rings (SSSR count). The number of nitrogens with zero attached hydrogens (tertiary/aromatic N) is 3. The number of nitrogens with one attached hydrogen (secondary N) is 1. The lowest BCUT2D eigenvalue weighted by Gasteiger charge is -2.20. The molecule has 1 aliphatic heterocycles. The first kappa shape index (κ1) is 16.0. The highest BCUT2D eigenvalue weighted by atomic mass is 16.2. The molecule has 0 aliphatic carbocycles. The van der Waals surface area contributed by atoms with Crippen molar-refractivity contribution in [1.82, 2.24) is 20.0 Å². The van der Waals surface area contributed by atoms with Gasteiger partial charge in [0.15, 0.2) is 0 Å². The van der Waals surface area contributed by atoms with Crippen molar-refractivity contribution in [3.63, 3.8) is 0 Å². The van der Waals surface area contributed by atoms with Crippen molar-refractivity contribution >= 4 is 5.91 Å². The average Bonchev–Trinajstić information content (AvgIpc) is 3.17. The largest absolute Gasteiger partial charge is 0.341 e. The van der Waals surface area contributed by atoms with Gasteiger partial charge in [-0.05, 0) is 38.7 Å². The van der Waals surface area contributed by atoms with E-state index in [1.54, 1.807) is 0 Å². The molecule has 1 aromatic heterocycles. The fraction of sp³-hybridized carbons (Fsp3) is 0.750. The third kappa shape index (κ3) is 4.06. The van der Waals surface area contributed by atoms with Crippen molar-refractivity contribution < 1.29 is 4.79 Å². The lowest BCUT2D eigenvalue weighted by atomic mass is 10.2. The molecule has 0 saturated carbocycles. The number of carbonyl (C=O) groups is 1. The van der Waals surface area contributed by atoms with E-state index < -0.39 is 0 Å². The molecule has 118 valence electrons. The van der Waals surface area contributed by atoms with Gasteiger partial charge in [-0.1, -0.05) is 13.8 Å². The Morgan fingerprint density at radius 1 is 1.33 bits per heavy atom. The van der Waals surface area contributed by atoms with Gasteiger partial charge in [0.1, 0.15) is 0 Å². The standard InChI is InChI=1S/C16H28N4O/c1-4-15(5-2)20-11-8-14(18-20)12-17-13(3)16(21)19-9-6-7-10-19/h8,11,13,15,17H,4-7,9-10,12H2,1-3H3. The maximum Gasteiger partial charge on any atom is 0.239 e. The van der Waals surface area contributed by atoms with Crippen molar-refractivity contribution in [2.45, 2.75) is 65.1 Å². The molecule has 1 N–H and O–H groups in total. The van der Waals surface area contributed by atoms with Gasteiger partial charge in [-0.2, -0.15) is 5.10 Å². The van der Waals surface area contributed by atoms with E-state index in [0.29, 0.717) is 12.6 Å². The van der Waals surface area contributed by atoms with Crippen molar-refractivity contribution in [1.29, 1.82) is 0 Å². The summed E-state index contributed by atoms with van der Waals surface area (Å²) >= 11 is 0. The average molecular weight is 292 g/mol. The molecular formula is C16H28N4O. The predicted octanol–water partition coefficient (Wildman–Crippen LogP) is 2.34. The van der Waals surface area contributed by atoms with Crippen LogP contribution < -0.4 is 5.32 Å². The van der Waals surface area contributed by atoms with Crippen LogP contribution in [-0.2, 0) is 11.3 Å². The lowest BCUT2D eigenvalue weighted by Crippen LogP contribution is -2.43. The zero-order chi connectivity index (χ0) is 15.2. The number of hydrogen-bond acceptors (Lipinski definition) is 3. The Labute approximate surface area is 127 Å². The summed E-state index contributed by atoms with van der Waals surface area (Å²) in [6, 6.07) is 2.38. The predicted molar refractivity (Wildman–Crippen MR) is 84.0 cm³/mol. The Morgan fingerprint density at radius 3 is 2.62 bits per heavy atom. The molecule has 21 heavy (non-hydrogen) atoms. The Hall–Kier alpha value is -1.36. The van der Waals surface area contributed by atoms with Gasteiger partial charge >= 0.3 is 0 Å². The summed E-state index contributed by atoms with van der Waals surface area (Å²) in [6.07, 6.45) is 6.50. The summed E-state index contributed by atoms with van der Waals surface area (Å²) in [7, 11) is 0. The molecule has 0 aromatic carbocycles. The smallest absolute Gasteiger partial charge is 0.239 e. The Balaban J connectivity index is 1.83. The number of amides is 1. The highest BCUT2D eigenvalue weighted by molar-refractivity contribution is 5.81. The Kier molecular flexibility index (Phi) is 5.79. The van der Waals surface area contributed by atoms with Crippen LogP contribution in [-0.4, -0.2) is 39.7 Å². The second-order valence-corrected chi connectivity index (χ2v) is 5.89. The van der Waals surface area contributed by atoms with Gasteiger partial charge in [0, 0.05) is 25.8 Å². The topological polar surface area (TPSA) is 50.2 Å². The monoisotopic (exact) mass is 292 g/mol. The molecule has 0 bridgehead atoms. The van der Waals surface area contributed by atoms with Gasteiger partial charge < -0.3 is 10.2 Å². The molecule has 1 saturated heterocycles. The molecule has 0 radical (unpaired) electrons. The minimum atomic E-state index is -0.138. The SMILES string of the molecule is CCC(CC)n1ccc(CNC(C)C(=O)N2CCCC2)n1. The summed E-state index contributed by atoms with van der Waals surface area (Å²) < 4.78 is 2.05. The third-order valence-corrected chi connectivity index (χ3v) is 4.36. The van der Waals surface area contributed by atoms with Crippen molar-refractivity contribution in [3.05, 3.63) is 18.0 Å². The second-order valence-electron chi connectivity index (χ2n) is 5.89. The van der Waals surface area contributed by atoms with E-state index in [1.807, 2.05) is 28.8 Å². The number of carbonyl (C=O) groups excluding carboxylic acids is 1. The zero-order valence-electron chi connectivity index (χ0n) is 13.5. The highest BCUT2D eigenvalue weighted by Gasteiger charge is 2.22. The molecule has 1 aliphatic rings. The highest BCUT2D eigenvalue weighted by Crippen LogP contribution is 2.14. The van der Waals surface area contributed by atoms with E-state index in [1.165, 1.54) is 0 Å². The number of hydrogen-bond donors (Lipinski definition) is 1. The molecule has 5 heteroatoms. The van der Waals surface area contributed by atoms with E-state index in [-0.39, 0.29) is 11.9 Å². The summed E-state index contributed by atoms with van der Waals surface area (Å²) in [5.74, 6) is 0.215. The molecule has 1 atom stereocenters. The van der Waals surface area contributed by atoms with Crippen LogP contribution >= 0.6 is 0 Å². The first-order valence-corrected chi connectivity index (χ1v) is 8.21. The van der Waals surface area contributed by atoms with Crippen LogP contribution in [0.4, 0.5) is 0 Å². The first-order chi connectivity index (χ1) is 10.2. The maximum absolute atomic E-state index is 12.2. The minimum Gasteiger partial charge on any atom is -0.341 e. The molecule has 1 amide bonds. The van der Waals surface area contributed by atoms with Gasteiger partial charge in [-0.3, -0.25) is 9.48 Å². The van der Waals surface area contributed by atoms with Crippen LogP contribution in [0.3, 0.4) is 0 Å². The fourth-order valence-corrected chi connectivity index (χ4v) is 2.89. The van der Waals surface area contributed by atoms with Crippen LogP contribution in [0.1, 0.15) is 58.2 Å². The summed E-state index contributed by atoms with van der Waals surface area (Å²) in [5, 5.41) is 7.91. The molecule has 0 spiro atoms. The number of likely N-dealkylation sites (tertiary alicyclic amines) is 1. The molecular weight excluding hydrogens is 264 g/mol. The summed E-state index contributed by atoms with van der Waals surface area (Å²) in [6.45, 7) is 8.78. The van der Waals surface area contributed by atoms with Gasteiger partial charge in [-0.25, -0.2) is 0 Å². The van der Waals surface area contributed by atoms with Crippen LogP contribution in [0.5, 0.6) is 0 Å². The van der Waals surface area contributed by atoms with E-state index >= 15 is 0 Å². The lowest BCUT2D eigenvalue weighted by molar-refractivity contribution is -0.131.